The molecule has 0 bridgehead atoms. The van der Waals surface area contributed by atoms with Crippen LogP contribution in [0.15, 0.2) is 11.6 Å². The lowest BCUT2D eigenvalue weighted by Crippen LogP contribution is -2.53. The van der Waals surface area contributed by atoms with Gasteiger partial charge in [-0.3, -0.25) is 0 Å². The topological polar surface area (TPSA) is 40.5 Å². The molecule has 0 aromatic heterocycles. The van der Waals surface area contributed by atoms with Crippen LogP contribution in [-0.2, 0) is 0 Å². The van der Waals surface area contributed by atoms with E-state index in [9.17, 15) is 10.2 Å². The number of rotatable bonds is 5. The summed E-state index contributed by atoms with van der Waals surface area (Å²) in [5.41, 5.74) is 1.81. The van der Waals surface area contributed by atoms with Crippen LogP contribution < -0.4 is 0 Å². The Morgan fingerprint density at radius 1 is 0.966 bits per heavy atom. The van der Waals surface area contributed by atoms with Crippen LogP contribution in [0.5, 0.6) is 0 Å². The highest BCUT2D eigenvalue weighted by atomic mass is 16.3. The molecule has 0 amide bonds. The second kappa shape index (κ2) is 7.97. The van der Waals surface area contributed by atoms with Crippen molar-refractivity contribution < 1.29 is 10.2 Å². The molecule has 0 aromatic carbocycles. The van der Waals surface area contributed by atoms with Crippen LogP contribution >= 0.6 is 0 Å². The lowest BCUT2D eigenvalue weighted by molar-refractivity contribution is -0.0801. The van der Waals surface area contributed by atoms with Crippen LogP contribution in [-0.4, -0.2) is 22.4 Å². The third-order valence-electron chi connectivity index (χ3n) is 10.4. The van der Waals surface area contributed by atoms with Gasteiger partial charge in [-0.1, -0.05) is 60.0 Å². The maximum atomic E-state index is 10.7. The largest absolute Gasteiger partial charge is 0.390 e. The van der Waals surface area contributed by atoms with Gasteiger partial charge in [0.15, 0.2) is 0 Å². The van der Waals surface area contributed by atoms with Gasteiger partial charge < -0.3 is 10.2 Å². The van der Waals surface area contributed by atoms with E-state index in [4.69, 9.17) is 0 Å². The summed E-state index contributed by atoms with van der Waals surface area (Å²) in [4.78, 5) is 0. The maximum Gasteiger partial charge on any atom is 0.101 e. The lowest BCUT2D eigenvalue weighted by atomic mass is 9.46. The van der Waals surface area contributed by atoms with Crippen LogP contribution in [0.2, 0.25) is 0 Å². The van der Waals surface area contributed by atoms with E-state index in [1.54, 1.807) is 0 Å². The quantitative estimate of drug-likeness (QED) is 0.525. The first-order valence-corrected chi connectivity index (χ1v) is 12.7. The van der Waals surface area contributed by atoms with E-state index >= 15 is 0 Å². The molecule has 5 unspecified atom stereocenters. The van der Waals surface area contributed by atoms with E-state index in [1.165, 1.54) is 50.5 Å². The zero-order valence-corrected chi connectivity index (χ0v) is 19.7. The minimum absolute atomic E-state index is 0.115. The zero-order valence-electron chi connectivity index (χ0n) is 19.7. The van der Waals surface area contributed by atoms with Crippen molar-refractivity contribution >= 4 is 0 Å². The summed E-state index contributed by atoms with van der Waals surface area (Å²) in [6, 6.07) is 0. The summed E-state index contributed by atoms with van der Waals surface area (Å²) in [5.74, 6) is 4.95. The molecule has 0 heterocycles. The van der Waals surface area contributed by atoms with Gasteiger partial charge in [0.1, 0.15) is 6.10 Å². The first-order chi connectivity index (χ1) is 13.7. The molecular weight excluding hydrogens is 356 g/mol. The summed E-state index contributed by atoms with van der Waals surface area (Å²) in [5, 5.41) is 20.9. The van der Waals surface area contributed by atoms with Crippen LogP contribution in [0.3, 0.4) is 0 Å². The maximum absolute atomic E-state index is 10.7. The van der Waals surface area contributed by atoms with Crippen LogP contribution in [0.4, 0.5) is 0 Å². The van der Waals surface area contributed by atoms with E-state index in [2.05, 4.69) is 40.7 Å². The Hall–Kier alpha value is -0.340. The third kappa shape index (κ3) is 3.55. The molecule has 0 spiro atoms. The van der Waals surface area contributed by atoms with E-state index in [-0.39, 0.29) is 5.41 Å². The normalized spacial score (nSPS) is 47.9. The SMILES string of the molecule is CC(C)CCCC(C)C1CCC2C3CC=C4[C@@H](O)[C@@H](O)CC[C@]4(C)C3CC[C@]12C. The zero-order chi connectivity index (χ0) is 21.0. The van der Waals surface area contributed by atoms with Crippen molar-refractivity contribution in [3.63, 3.8) is 0 Å². The van der Waals surface area contributed by atoms with Crippen molar-refractivity contribution in [2.75, 3.05) is 0 Å². The van der Waals surface area contributed by atoms with Crippen molar-refractivity contribution in [1.82, 2.24) is 0 Å². The molecule has 4 aliphatic rings. The Kier molecular flexibility index (Phi) is 6.01. The first kappa shape index (κ1) is 21.9. The highest BCUT2D eigenvalue weighted by Gasteiger charge is 2.60. The smallest absolute Gasteiger partial charge is 0.101 e. The fourth-order valence-electron chi connectivity index (χ4n) is 8.74. The van der Waals surface area contributed by atoms with Crippen molar-refractivity contribution in [2.24, 2.45) is 46.3 Å². The summed E-state index contributed by atoms with van der Waals surface area (Å²) >= 11 is 0. The number of fused-ring (bicyclic) bond motifs is 5. The first-order valence-electron chi connectivity index (χ1n) is 12.7. The van der Waals surface area contributed by atoms with Crippen molar-refractivity contribution in [2.45, 2.75) is 111 Å². The van der Waals surface area contributed by atoms with Gasteiger partial charge in [-0.05, 0) is 96.9 Å². The minimum Gasteiger partial charge on any atom is -0.390 e. The molecule has 4 aliphatic carbocycles. The number of allylic oxidation sites excluding steroid dienone is 1. The average Bonchev–Trinajstić information content (AvgIpc) is 3.02. The van der Waals surface area contributed by atoms with Gasteiger partial charge in [0.05, 0.1) is 6.10 Å². The number of aliphatic hydroxyl groups is 2. The predicted molar refractivity (Wildman–Crippen MR) is 120 cm³/mol. The van der Waals surface area contributed by atoms with Gasteiger partial charge >= 0.3 is 0 Å². The fourth-order valence-corrected chi connectivity index (χ4v) is 8.74. The van der Waals surface area contributed by atoms with Crippen molar-refractivity contribution in [1.29, 1.82) is 0 Å². The molecule has 0 aliphatic heterocycles. The minimum atomic E-state index is -0.625. The molecule has 29 heavy (non-hydrogen) atoms. The molecule has 2 N–H and O–H groups in total. The number of aliphatic hydroxyl groups excluding tert-OH is 2. The Morgan fingerprint density at radius 2 is 1.72 bits per heavy atom. The molecule has 2 heteroatoms. The van der Waals surface area contributed by atoms with Crippen LogP contribution in [0.1, 0.15) is 98.8 Å². The van der Waals surface area contributed by atoms with Gasteiger partial charge in [-0.2, -0.15) is 0 Å². The lowest BCUT2D eigenvalue weighted by Gasteiger charge is -2.59. The molecule has 0 radical (unpaired) electrons. The molecule has 3 saturated carbocycles. The highest BCUT2D eigenvalue weighted by Crippen LogP contribution is 2.67. The van der Waals surface area contributed by atoms with E-state index < -0.39 is 12.2 Å². The van der Waals surface area contributed by atoms with Gasteiger partial charge in [0.2, 0.25) is 0 Å². The molecule has 9 atom stereocenters. The Balaban J connectivity index is 1.51. The third-order valence-corrected chi connectivity index (χ3v) is 10.4. The molecule has 0 saturated heterocycles. The Labute approximate surface area is 179 Å². The molecule has 4 rings (SSSR count). The summed E-state index contributed by atoms with van der Waals surface area (Å²) in [6.07, 6.45) is 13.9. The molecule has 166 valence electrons. The fraction of sp³-hybridized carbons (Fsp3) is 0.926. The van der Waals surface area contributed by atoms with Gasteiger partial charge in [0, 0.05) is 0 Å². The number of hydrogen-bond acceptors (Lipinski definition) is 2. The second-order valence-corrected chi connectivity index (χ2v) is 12.3. The number of hydrogen-bond donors (Lipinski definition) is 2. The van der Waals surface area contributed by atoms with E-state index in [0.717, 1.165) is 48.9 Å². The molecule has 2 nitrogen and oxygen atoms in total. The second-order valence-electron chi connectivity index (χ2n) is 12.3. The average molecular weight is 403 g/mol. The van der Waals surface area contributed by atoms with Crippen LogP contribution in [0, 0.1) is 46.3 Å². The van der Waals surface area contributed by atoms with Gasteiger partial charge in [-0.15, -0.1) is 0 Å². The predicted octanol–water partition coefficient (Wildman–Crippen LogP) is 6.36. The Morgan fingerprint density at radius 3 is 2.45 bits per heavy atom. The van der Waals surface area contributed by atoms with Crippen molar-refractivity contribution in [3.05, 3.63) is 11.6 Å². The highest BCUT2D eigenvalue weighted by molar-refractivity contribution is 5.29. The molecule has 3 fully saturated rings. The van der Waals surface area contributed by atoms with Crippen LogP contribution in [0.25, 0.3) is 0 Å². The van der Waals surface area contributed by atoms with E-state index in [0.29, 0.717) is 11.3 Å². The Bertz CT molecular complexity index is 624. The monoisotopic (exact) mass is 402 g/mol. The van der Waals surface area contributed by atoms with Crippen molar-refractivity contribution in [3.8, 4) is 0 Å². The molecule has 0 aromatic rings. The summed E-state index contributed by atoms with van der Waals surface area (Å²) in [6.45, 7) is 12.3. The van der Waals surface area contributed by atoms with Gasteiger partial charge in [-0.25, -0.2) is 0 Å². The standard InChI is InChI=1S/C27H46O2/c1-17(2)7-6-8-18(3)20-11-12-21-19-9-10-23-25(29)24(28)14-16-27(23,5)22(19)13-15-26(20,21)4/h10,17-22,24-25,28-29H,6-9,11-16H2,1-5H3/t18?,19?,20?,21?,22?,24-,25+,26+,27+/m0/s1. The summed E-state index contributed by atoms with van der Waals surface area (Å²) < 4.78 is 0. The van der Waals surface area contributed by atoms with E-state index in [1.807, 2.05) is 0 Å². The molecular formula is C27H46O2. The van der Waals surface area contributed by atoms with Gasteiger partial charge in [0.25, 0.3) is 0 Å². The summed E-state index contributed by atoms with van der Waals surface area (Å²) in [7, 11) is 0.